The quantitative estimate of drug-likeness (QED) is 0.178. The second kappa shape index (κ2) is 10.9. The number of rotatable bonds is 2. The Morgan fingerprint density at radius 3 is 2.13 bits per heavy atom. The molecule has 2 nitrogen and oxygen atoms in total. The summed E-state index contributed by atoms with van der Waals surface area (Å²) < 4.78 is 2.52. The fraction of sp³-hybridized carbons (Fsp3) is 0.0962. The van der Waals surface area contributed by atoms with E-state index in [4.69, 9.17) is 0 Å². The van der Waals surface area contributed by atoms with E-state index in [1.165, 1.54) is 105 Å². The number of hydrogen-bond donors (Lipinski definition) is 0. The molecule has 0 saturated carbocycles. The molecular weight excluding hydrogens is 653 g/mol. The number of nitriles is 1. The largest absolute Gasteiger partial charge is 0.309 e. The second-order valence-corrected chi connectivity index (χ2v) is 15.2. The standard InChI is InChI=1S/C52H34N2/c53-31-33-14-1-2-15-34(33)50-40-20-5-3-18-38(40)49(39-19-4-6-21-41(39)50)32-28-29-36-35-16-7-9-23-43(35)52(46(36)30-32)44-24-10-12-27-48(44)54-47-26-11-8-17-37(47)42-22-13-25-45(52)51(42)54/h1,3,5-14,16-18,20-30H,2,4,15,19H2. The zero-order chi connectivity index (χ0) is 35.5. The normalized spacial score (nSPS) is 17.5. The maximum atomic E-state index is 10.3. The fourth-order valence-corrected chi connectivity index (χ4v) is 10.8. The van der Waals surface area contributed by atoms with Crippen LogP contribution in [0.15, 0.2) is 157 Å². The van der Waals surface area contributed by atoms with Crippen LogP contribution in [0.3, 0.4) is 0 Å². The first-order valence-corrected chi connectivity index (χ1v) is 19.2. The zero-order valence-corrected chi connectivity index (χ0v) is 29.7. The van der Waals surface area contributed by atoms with Crippen molar-refractivity contribution in [3.8, 4) is 34.0 Å². The van der Waals surface area contributed by atoms with E-state index in [0.29, 0.717) is 0 Å². The highest BCUT2D eigenvalue weighted by molar-refractivity contribution is 6.13. The summed E-state index contributed by atoms with van der Waals surface area (Å²) >= 11 is 0. The van der Waals surface area contributed by atoms with Crippen molar-refractivity contribution in [2.75, 3.05) is 0 Å². The van der Waals surface area contributed by atoms with Crippen molar-refractivity contribution in [3.63, 3.8) is 0 Å². The van der Waals surface area contributed by atoms with E-state index < -0.39 is 5.41 Å². The van der Waals surface area contributed by atoms with Gasteiger partial charge in [0.05, 0.1) is 33.8 Å². The van der Waals surface area contributed by atoms with Gasteiger partial charge in [0.2, 0.25) is 0 Å². The van der Waals surface area contributed by atoms with Crippen LogP contribution in [-0.4, -0.2) is 4.57 Å². The topological polar surface area (TPSA) is 28.7 Å². The number of allylic oxidation sites excluding steroid dienone is 5. The molecule has 0 amide bonds. The predicted molar refractivity (Wildman–Crippen MR) is 223 cm³/mol. The molecule has 1 atom stereocenters. The Kier molecular flexibility index (Phi) is 6.03. The number of aromatic nitrogens is 1. The van der Waals surface area contributed by atoms with Gasteiger partial charge in [-0.1, -0.05) is 133 Å². The summed E-state index contributed by atoms with van der Waals surface area (Å²) in [6.45, 7) is 0. The predicted octanol–water partition coefficient (Wildman–Crippen LogP) is 12.9. The highest BCUT2D eigenvalue weighted by Gasteiger charge is 2.51. The molecule has 0 N–H and O–H groups in total. The van der Waals surface area contributed by atoms with Gasteiger partial charge in [-0.15, -0.1) is 0 Å². The lowest BCUT2D eigenvalue weighted by Gasteiger charge is -2.39. The third kappa shape index (κ3) is 3.64. The number of fused-ring (bicyclic) bond motifs is 14. The van der Waals surface area contributed by atoms with Gasteiger partial charge in [0.1, 0.15) is 0 Å². The molecule has 1 unspecified atom stereocenters. The van der Waals surface area contributed by atoms with Crippen molar-refractivity contribution in [2.24, 2.45) is 0 Å². The molecule has 2 heterocycles. The van der Waals surface area contributed by atoms with Crippen LogP contribution in [-0.2, 0) is 11.8 Å². The lowest BCUT2D eigenvalue weighted by molar-refractivity contribution is 0.749. The maximum absolute atomic E-state index is 10.3. The molecule has 2 heteroatoms. The van der Waals surface area contributed by atoms with Gasteiger partial charge in [0.15, 0.2) is 0 Å². The molecule has 12 rings (SSSR count). The van der Waals surface area contributed by atoms with E-state index >= 15 is 0 Å². The Labute approximate surface area is 314 Å². The molecule has 4 aliphatic rings. The smallest absolute Gasteiger partial charge is 0.0994 e. The van der Waals surface area contributed by atoms with Gasteiger partial charge in [-0.2, -0.15) is 5.26 Å². The van der Waals surface area contributed by atoms with Gasteiger partial charge < -0.3 is 4.57 Å². The summed E-state index contributed by atoms with van der Waals surface area (Å²) in [5.74, 6) is 0. The maximum Gasteiger partial charge on any atom is 0.0994 e. The van der Waals surface area contributed by atoms with E-state index in [2.05, 4.69) is 162 Å². The van der Waals surface area contributed by atoms with Crippen LogP contribution < -0.4 is 0 Å². The van der Waals surface area contributed by atoms with E-state index in [1.807, 2.05) is 6.08 Å². The summed E-state index contributed by atoms with van der Waals surface area (Å²) in [7, 11) is 0. The first kappa shape index (κ1) is 29.8. The average Bonchev–Trinajstić information content (AvgIpc) is 3.73. The average molecular weight is 687 g/mol. The molecule has 1 aromatic heterocycles. The number of hydrogen-bond acceptors (Lipinski definition) is 1. The Bertz CT molecular complexity index is 3120. The summed E-state index contributed by atoms with van der Waals surface area (Å²) in [4.78, 5) is 0. The van der Waals surface area contributed by atoms with Gasteiger partial charge in [-0.3, -0.25) is 0 Å². The highest BCUT2D eigenvalue weighted by Crippen LogP contribution is 2.61. The highest BCUT2D eigenvalue weighted by atomic mass is 15.0. The minimum Gasteiger partial charge on any atom is -0.309 e. The number of nitrogens with zero attached hydrogens (tertiary/aromatic N) is 2. The Balaban J connectivity index is 1.21. The van der Waals surface area contributed by atoms with Gasteiger partial charge >= 0.3 is 0 Å². The molecule has 8 aromatic rings. The summed E-state index contributed by atoms with van der Waals surface area (Å²) in [6, 6.07) is 52.9. The van der Waals surface area contributed by atoms with Crippen LogP contribution in [0.1, 0.15) is 58.2 Å². The van der Waals surface area contributed by atoms with Crippen LogP contribution in [0.25, 0.3) is 72.2 Å². The SMILES string of the molecule is N#CC1=C(c2c3c(c(-c4ccc5c(c4)C4(c6ccccc6-5)c5ccccc5-n5c6ccccc6c6cccc4c65)c4ccccc24)CCC=C3)CCC=C1. The second-order valence-electron chi connectivity index (χ2n) is 15.2. The van der Waals surface area contributed by atoms with Crippen molar-refractivity contribution in [1.82, 2.24) is 4.57 Å². The van der Waals surface area contributed by atoms with E-state index in [0.717, 1.165) is 31.3 Å². The third-order valence-corrected chi connectivity index (χ3v) is 12.8. The van der Waals surface area contributed by atoms with Crippen LogP contribution >= 0.6 is 0 Å². The number of benzene rings is 7. The van der Waals surface area contributed by atoms with Crippen molar-refractivity contribution < 1.29 is 0 Å². The van der Waals surface area contributed by atoms with Crippen LogP contribution in [0, 0.1) is 11.3 Å². The minimum atomic E-state index is -0.501. The van der Waals surface area contributed by atoms with Crippen molar-refractivity contribution in [3.05, 3.63) is 196 Å². The summed E-state index contributed by atoms with van der Waals surface area (Å²) in [5.41, 5.74) is 19.7. The minimum absolute atomic E-state index is 0.501. The fourth-order valence-electron chi connectivity index (χ4n) is 10.8. The molecule has 0 fully saturated rings. The molecule has 54 heavy (non-hydrogen) atoms. The monoisotopic (exact) mass is 686 g/mol. The van der Waals surface area contributed by atoms with Crippen LogP contribution in [0.2, 0.25) is 0 Å². The third-order valence-electron chi connectivity index (χ3n) is 12.8. The first-order chi connectivity index (χ1) is 26.8. The van der Waals surface area contributed by atoms with E-state index in [1.54, 1.807) is 0 Å². The van der Waals surface area contributed by atoms with Gasteiger partial charge in [-0.05, 0) is 128 Å². The Morgan fingerprint density at radius 2 is 1.24 bits per heavy atom. The van der Waals surface area contributed by atoms with Crippen molar-refractivity contribution in [2.45, 2.75) is 31.1 Å². The molecule has 3 aliphatic carbocycles. The molecule has 252 valence electrons. The molecule has 0 saturated heterocycles. The molecule has 1 aliphatic heterocycles. The van der Waals surface area contributed by atoms with E-state index in [9.17, 15) is 5.26 Å². The van der Waals surface area contributed by atoms with Crippen LogP contribution in [0.4, 0.5) is 0 Å². The first-order valence-electron chi connectivity index (χ1n) is 19.2. The molecule has 7 aromatic carbocycles. The molecule has 0 bridgehead atoms. The van der Waals surface area contributed by atoms with Crippen molar-refractivity contribution >= 4 is 44.2 Å². The van der Waals surface area contributed by atoms with Gasteiger partial charge in [-0.25, -0.2) is 0 Å². The van der Waals surface area contributed by atoms with Crippen LogP contribution in [0.5, 0.6) is 0 Å². The molecular formula is C52H34N2. The lowest BCUT2D eigenvalue weighted by atomic mass is 9.65. The zero-order valence-electron chi connectivity index (χ0n) is 29.7. The van der Waals surface area contributed by atoms with Gasteiger partial charge in [0, 0.05) is 10.8 Å². The Hall–Kier alpha value is -6.69. The lowest BCUT2D eigenvalue weighted by Crippen LogP contribution is -2.33. The van der Waals surface area contributed by atoms with E-state index in [-0.39, 0.29) is 0 Å². The molecule has 1 spiro atoms. The molecule has 0 radical (unpaired) electrons. The Morgan fingerprint density at radius 1 is 0.556 bits per heavy atom. The van der Waals surface area contributed by atoms with Gasteiger partial charge in [0.25, 0.3) is 0 Å². The van der Waals surface area contributed by atoms with Crippen molar-refractivity contribution in [1.29, 1.82) is 5.26 Å². The summed E-state index contributed by atoms with van der Waals surface area (Å²) in [6.07, 6.45) is 12.6. The number of para-hydroxylation sites is 3. The summed E-state index contributed by atoms with van der Waals surface area (Å²) in [5, 5.41) is 15.3.